The fourth-order valence-electron chi connectivity index (χ4n) is 3.87. The van der Waals surface area contributed by atoms with Crippen LogP contribution in [0.1, 0.15) is 37.8 Å². The number of likely N-dealkylation sites (tertiary alicyclic amines) is 1. The highest BCUT2D eigenvalue weighted by molar-refractivity contribution is 9.10. The van der Waals surface area contributed by atoms with Gasteiger partial charge in [-0.25, -0.2) is 4.39 Å². The Labute approximate surface area is 191 Å². The third-order valence-electron chi connectivity index (χ3n) is 5.41. The highest BCUT2D eigenvalue weighted by atomic mass is 79.9. The number of hydrogen-bond acceptors (Lipinski definition) is 4. The molecule has 0 aliphatic carbocycles. The normalized spacial score (nSPS) is 16.8. The van der Waals surface area contributed by atoms with Crippen LogP contribution in [-0.4, -0.2) is 37.2 Å². The van der Waals surface area contributed by atoms with Crippen molar-refractivity contribution < 1.29 is 13.9 Å². The molecule has 1 atom stereocenters. The van der Waals surface area contributed by atoms with Gasteiger partial charge in [0, 0.05) is 24.7 Å². The number of hydrogen-bond donors (Lipinski definition) is 1. The molecular weight excluding hydrogens is 471 g/mol. The molecule has 0 bridgehead atoms. The monoisotopic (exact) mass is 498 g/mol. The summed E-state index contributed by atoms with van der Waals surface area (Å²) >= 11 is 9.71. The van der Waals surface area contributed by atoms with Crippen LogP contribution in [0.5, 0.6) is 11.5 Å². The molecule has 7 heteroatoms. The minimum absolute atomic E-state index is 0.0241. The number of benzene rings is 2. The first kappa shape index (κ1) is 23.3. The van der Waals surface area contributed by atoms with Crippen molar-refractivity contribution in [3.05, 3.63) is 56.8 Å². The summed E-state index contributed by atoms with van der Waals surface area (Å²) < 4.78 is 26.6. The molecule has 0 unspecified atom stereocenters. The maximum absolute atomic E-state index is 14.1. The molecule has 2 aromatic carbocycles. The van der Waals surface area contributed by atoms with Crippen LogP contribution in [0.3, 0.4) is 0 Å². The first-order chi connectivity index (χ1) is 14.5. The van der Waals surface area contributed by atoms with E-state index in [1.807, 2.05) is 19.1 Å². The topological polar surface area (TPSA) is 33.7 Å². The minimum Gasteiger partial charge on any atom is -0.490 e. The standard InChI is InChI=1S/C23H29BrClFN2O2/c1-3-28-10-6-7-17(28)14-27-13-16-11-19(24)23(22(12-16)29-4-2)30-15-18-20(25)8-5-9-21(18)26/h5,8-9,11-12,17,27H,3-4,6-7,10,13-15H2,1-2H3/t17-/m1/s1. The predicted molar refractivity (Wildman–Crippen MR) is 123 cm³/mol. The van der Waals surface area contributed by atoms with Crippen molar-refractivity contribution in [1.29, 1.82) is 0 Å². The van der Waals surface area contributed by atoms with Crippen LogP contribution in [0.4, 0.5) is 4.39 Å². The maximum Gasteiger partial charge on any atom is 0.175 e. The first-order valence-electron chi connectivity index (χ1n) is 10.5. The van der Waals surface area contributed by atoms with E-state index in [1.165, 1.54) is 25.5 Å². The second-order valence-corrected chi connectivity index (χ2v) is 8.64. The van der Waals surface area contributed by atoms with Gasteiger partial charge in [-0.05, 0) is 78.6 Å². The molecule has 1 aliphatic rings. The van der Waals surface area contributed by atoms with Crippen molar-refractivity contribution in [3.63, 3.8) is 0 Å². The lowest BCUT2D eigenvalue weighted by Crippen LogP contribution is -2.37. The highest BCUT2D eigenvalue weighted by Gasteiger charge is 2.22. The number of nitrogens with one attached hydrogen (secondary N) is 1. The summed E-state index contributed by atoms with van der Waals surface area (Å²) in [4.78, 5) is 2.53. The highest BCUT2D eigenvalue weighted by Crippen LogP contribution is 2.38. The Balaban J connectivity index is 1.67. The van der Waals surface area contributed by atoms with E-state index in [9.17, 15) is 4.39 Å². The van der Waals surface area contributed by atoms with Gasteiger partial charge in [-0.1, -0.05) is 24.6 Å². The van der Waals surface area contributed by atoms with Gasteiger partial charge in [0.05, 0.1) is 16.1 Å². The summed E-state index contributed by atoms with van der Waals surface area (Å²) in [6, 6.07) is 9.21. The molecule has 0 amide bonds. The predicted octanol–water partition coefficient (Wildman–Crippen LogP) is 5.79. The van der Waals surface area contributed by atoms with E-state index in [0.717, 1.165) is 29.7 Å². The van der Waals surface area contributed by atoms with Crippen molar-refractivity contribution in [2.75, 3.05) is 26.2 Å². The van der Waals surface area contributed by atoms with Crippen LogP contribution < -0.4 is 14.8 Å². The Morgan fingerprint density at radius 2 is 2.10 bits per heavy atom. The quantitative estimate of drug-likeness (QED) is 0.448. The average Bonchev–Trinajstić information content (AvgIpc) is 3.17. The van der Waals surface area contributed by atoms with E-state index in [2.05, 4.69) is 33.1 Å². The molecule has 2 aromatic rings. The number of halogens is 3. The summed E-state index contributed by atoms with van der Waals surface area (Å²) in [6.45, 7) is 8.69. The Bertz CT molecular complexity index is 832. The zero-order valence-corrected chi connectivity index (χ0v) is 19.9. The number of rotatable bonds is 10. The molecule has 1 saturated heterocycles. The van der Waals surface area contributed by atoms with Crippen molar-refractivity contribution in [3.8, 4) is 11.5 Å². The fourth-order valence-corrected chi connectivity index (χ4v) is 4.69. The van der Waals surface area contributed by atoms with E-state index in [0.29, 0.717) is 34.7 Å². The zero-order valence-electron chi connectivity index (χ0n) is 17.5. The largest absolute Gasteiger partial charge is 0.490 e. The second kappa shape index (κ2) is 11.3. The molecule has 0 saturated carbocycles. The second-order valence-electron chi connectivity index (χ2n) is 7.38. The molecule has 30 heavy (non-hydrogen) atoms. The van der Waals surface area contributed by atoms with Gasteiger partial charge < -0.3 is 14.8 Å². The SMILES string of the molecule is CCOc1cc(CNC[C@H]2CCCN2CC)cc(Br)c1OCc1c(F)cccc1Cl. The molecule has 1 N–H and O–H groups in total. The van der Waals surface area contributed by atoms with Gasteiger partial charge in [0.15, 0.2) is 11.5 Å². The Hall–Kier alpha value is -1.34. The van der Waals surface area contributed by atoms with E-state index < -0.39 is 0 Å². The van der Waals surface area contributed by atoms with Gasteiger partial charge in [0.1, 0.15) is 12.4 Å². The lowest BCUT2D eigenvalue weighted by Gasteiger charge is -2.23. The van der Waals surface area contributed by atoms with E-state index in [-0.39, 0.29) is 12.4 Å². The molecule has 0 aromatic heterocycles. The van der Waals surface area contributed by atoms with Gasteiger partial charge in [-0.15, -0.1) is 0 Å². The lowest BCUT2D eigenvalue weighted by molar-refractivity contribution is 0.259. The van der Waals surface area contributed by atoms with E-state index in [4.69, 9.17) is 21.1 Å². The molecule has 0 spiro atoms. The first-order valence-corrected chi connectivity index (χ1v) is 11.7. The molecule has 164 valence electrons. The Kier molecular flexibility index (Phi) is 8.81. The van der Waals surface area contributed by atoms with Gasteiger partial charge in [-0.2, -0.15) is 0 Å². The summed E-state index contributed by atoms with van der Waals surface area (Å²) in [5, 5.41) is 3.92. The molecule has 0 radical (unpaired) electrons. The number of ether oxygens (including phenoxy) is 2. The summed E-state index contributed by atoms with van der Waals surface area (Å²) in [6.07, 6.45) is 2.53. The van der Waals surface area contributed by atoms with Crippen LogP contribution in [-0.2, 0) is 13.2 Å². The average molecular weight is 500 g/mol. The molecule has 1 fully saturated rings. The summed E-state index contributed by atoms with van der Waals surface area (Å²) in [5.41, 5.74) is 1.43. The molecule has 3 rings (SSSR count). The summed E-state index contributed by atoms with van der Waals surface area (Å²) in [7, 11) is 0. The van der Waals surface area contributed by atoms with Gasteiger partial charge in [0.2, 0.25) is 0 Å². The van der Waals surface area contributed by atoms with Crippen molar-refractivity contribution in [2.24, 2.45) is 0 Å². The van der Waals surface area contributed by atoms with Crippen LogP contribution in [0.2, 0.25) is 5.02 Å². The van der Waals surface area contributed by atoms with E-state index >= 15 is 0 Å². The van der Waals surface area contributed by atoms with Crippen LogP contribution >= 0.6 is 27.5 Å². The third kappa shape index (κ3) is 5.88. The molecule has 1 aliphatic heterocycles. The zero-order chi connectivity index (χ0) is 21.5. The molecular formula is C23H29BrClFN2O2. The van der Waals surface area contributed by atoms with E-state index in [1.54, 1.807) is 12.1 Å². The van der Waals surface area contributed by atoms with Gasteiger partial charge in [0.25, 0.3) is 0 Å². The van der Waals surface area contributed by atoms with Crippen molar-refractivity contribution >= 4 is 27.5 Å². The Morgan fingerprint density at radius 1 is 1.27 bits per heavy atom. The van der Waals surface area contributed by atoms with Gasteiger partial charge >= 0.3 is 0 Å². The Morgan fingerprint density at radius 3 is 2.83 bits per heavy atom. The molecule has 1 heterocycles. The number of likely N-dealkylation sites (N-methyl/N-ethyl adjacent to an activating group) is 1. The van der Waals surface area contributed by atoms with Gasteiger partial charge in [-0.3, -0.25) is 4.90 Å². The van der Waals surface area contributed by atoms with Crippen molar-refractivity contribution in [2.45, 2.75) is 45.9 Å². The van der Waals surface area contributed by atoms with Crippen LogP contribution in [0.15, 0.2) is 34.8 Å². The summed E-state index contributed by atoms with van der Waals surface area (Å²) in [5.74, 6) is 0.797. The van der Waals surface area contributed by atoms with Crippen molar-refractivity contribution in [1.82, 2.24) is 10.2 Å². The fraction of sp³-hybridized carbons (Fsp3) is 0.478. The minimum atomic E-state index is -0.384. The third-order valence-corrected chi connectivity index (χ3v) is 6.35. The maximum atomic E-state index is 14.1. The number of nitrogens with zero attached hydrogens (tertiary/aromatic N) is 1. The lowest BCUT2D eigenvalue weighted by atomic mass is 10.1. The van der Waals surface area contributed by atoms with Crippen LogP contribution in [0, 0.1) is 5.82 Å². The smallest absolute Gasteiger partial charge is 0.175 e. The molecule has 4 nitrogen and oxygen atoms in total. The van der Waals surface area contributed by atoms with Crippen LogP contribution in [0.25, 0.3) is 0 Å².